The van der Waals surface area contributed by atoms with E-state index in [1.165, 1.54) is 17.0 Å². The van der Waals surface area contributed by atoms with Gasteiger partial charge in [0.2, 0.25) is 0 Å². The highest BCUT2D eigenvalue weighted by Crippen LogP contribution is 2.30. The monoisotopic (exact) mass is 385 g/mol. The number of ether oxygens (including phenoxy) is 1. The van der Waals surface area contributed by atoms with Crippen LogP contribution in [0.2, 0.25) is 0 Å². The topological polar surface area (TPSA) is 29.5 Å². The predicted molar refractivity (Wildman–Crippen MR) is 100 cm³/mol. The van der Waals surface area contributed by atoms with Crippen LogP contribution in [0.3, 0.4) is 0 Å². The lowest BCUT2D eigenvalue weighted by atomic mass is 10.1. The van der Waals surface area contributed by atoms with Gasteiger partial charge in [-0.1, -0.05) is 42.5 Å². The standard InChI is InChI=1S/C22H18F3NO2/c1-26(15-16-11-13-17(14-12-16)22(23,24)25)21(27)19-9-5-6-10-20(19)28-18-7-3-2-4-8-18/h2-14H,15H2,1H3. The Morgan fingerprint density at radius 1 is 0.893 bits per heavy atom. The lowest BCUT2D eigenvalue weighted by Crippen LogP contribution is -2.26. The highest BCUT2D eigenvalue weighted by molar-refractivity contribution is 5.96. The van der Waals surface area contributed by atoms with Gasteiger partial charge in [0, 0.05) is 13.6 Å². The molecule has 0 radical (unpaired) electrons. The molecule has 0 heterocycles. The quantitative estimate of drug-likeness (QED) is 0.558. The van der Waals surface area contributed by atoms with Crippen molar-refractivity contribution in [1.29, 1.82) is 0 Å². The molecule has 0 unspecified atom stereocenters. The van der Waals surface area contributed by atoms with Gasteiger partial charge >= 0.3 is 6.18 Å². The van der Waals surface area contributed by atoms with Crippen LogP contribution in [0.5, 0.6) is 11.5 Å². The maximum Gasteiger partial charge on any atom is 0.416 e. The molecule has 0 fully saturated rings. The third-order valence-electron chi connectivity index (χ3n) is 4.14. The predicted octanol–water partition coefficient (Wildman–Crippen LogP) is 5.77. The number of carbonyl (C=O) groups is 1. The van der Waals surface area contributed by atoms with Crippen molar-refractivity contribution in [1.82, 2.24) is 4.90 Å². The fourth-order valence-electron chi connectivity index (χ4n) is 2.70. The van der Waals surface area contributed by atoms with Crippen LogP contribution in [-0.2, 0) is 12.7 Å². The molecule has 0 aromatic heterocycles. The summed E-state index contributed by atoms with van der Waals surface area (Å²) in [4.78, 5) is 14.3. The highest BCUT2D eigenvalue weighted by Gasteiger charge is 2.30. The van der Waals surface area contributed by atoms with Crippen LogP contribution in [0.25, 0.3) is 0 Å². The van der Waals surface area contributed by atoms with Crippen molar-refractivity contribution in [3.05, 3.63) is 95.6 Å². The number of hydrogen-bond acceptors (Lipinski definition) is 2. The molecule has 3 aromatic carbocycles. The third-order valence-corrected chi connectivity index (χ3v) is 4.14. The minimum atomic E-state index is -4.38. The molecule has 6 heteroatoms. The van der Waals surface area contributed by atoms with Crippen molar-refractivity contribution in [2.75, 3.05) is 7.05 Å². The number of halogens is 3. The maximum atomic E-state index is 12.9. The zero-order valence-corrected chi connectivity index (χ0v) is 15.1. The molecule has 0 saturated carbocycles. The molecule has 0 atom stereocenters. The Balaban J connectivity index is 1.75. The Kier molecular flexibility index (Phi) is 5.68. The summed E-state index contributed by atoms with van der Waals surface area (Å²) >= 11 is 0. The van der Waals surface area contributed by atoms with Crippen LogP contribution < -0.4 is 4.74 Å². The Morgan fingerprint density at radius 3 is 2.14 bits per heavy atom. The summed E-state index contributed by atoms with van der Waals surface area (Å²) in [6.07, 6.45) is -4.38. The molecule has 144 valence electrons. The number of nitrogens with zero attached hydrogens (tertiary/aromatic N) is 1. The number of carbonyl (C=O) groups excluding carboxylic acids is 1. The van der Waals surface area contributed by atoms with E-state index in [9.17, 15) is 18.0 Å². The van der Waals surface area contributed by atoms with Gasteiger partial charge in [0.15, 0.2) is 0 Å². The van der Waals surface area contributed by atoms with Crippen LogP contribution in [-0.4, -0.2) is 17.9 Å². The summed E-state index contributed by atoms with van der Waals surface area (Å²) in [5.41, 5.74) is 0.262. The number of amides is 1. The molecule has 0 bridgehead atoms. The Morgan fingerprint density at radius 2 is 1.50 bits per heavy atom. The van der Waals surface area contributed by atoms with Crippen LogP contribution in [0.1, 0.15) is 21.5 Å². The fraction of sp³-hybridized carbons (Fsp3) is 0.136. The van der Waals surface area contributed by atoms with Gasteiger partial charge in [0.05, 0.1) is 11.1 Å². The second-order valence-electron chi connectivity index (χ2n) is 6.27. The van der Waals surface area contributed by atoms with Crippen LogP contribution >= 0.6 is 0 Å². The van der Waals surface area contributed by atoms with E-state index in [1.807, 2.05) is 18.2 Å². The molecule has 0 aliphatic carbocycles. The van der Waals surface area contributed by atoms with Crippen molar-refractivity contribution in [3.63, 3.8) is 0 Å². The van der Waals surface area contributed by atoms with Crippen molar-refractivity contribution in [3.8, 4) is 11.5 Å². The number of benzene rings is 3. The molecule has 1 amide bonds. The molecule has 0 aliphatic rings. The van der Waals surface area contributed by atoms with E-state index in [0.717, 1.165) is 12.1 Å². The maximum absolute atomic E-state index is 12.9. The van der Waals surface area contributed by atoms with E-state index in [0.29, 0.717) is 22.6 Å². The fourth-order valence-corrected chi connectivity index (χ4v) is 2.70. The highest BCUT2D eigenvalue weighted by atomic mass is 19.4. The minimum Gasteiger partial charge on any atom is -0.457 e. The summed E-state index contributed by atoms with van der Waals surface area (Å²) in [6, 6.07) is 20.7. The third kappa shape index (κ3) is 4.71. The Labute approximate surface area is 161 Å². The zero-order valence-electron chi connectivity index (χ0n) is 15.1. The molecule has 3 nitrogen and oxygen atoms in total. The molecule has 0 N–H and O–H groups in total. The second-order valence-corrected chi connectivity index (χ2v) is 6.27. The van der Waals surface area contributed by atoms with E-state index in [4.69, 9.17) is 4.74 Å². The summed E-state index contributed by atoms with van der Waals surface area (Å²) in [5, 5.41) is 0. The van der Waals surface area contributed by atoms with E-state index >= 15 is 0 Å². The molecule has 3 aromatic rings. The number of hydrogen-bond donors (Lipinski definition) is 0. The first-order chi connectivity index (χ1) is 13.3. The first kappa shape index (κ1) is 19.5. The van der Waals surface area contributed by atoms with Gasteiger partial charge in [0.25, 0.3) is 5.91 Å². The smallest absolute Gasteiger partial charge is 0.416 e. The van der Waals surface area contributed by atoms with Crippen LogP contribution in [0, 0.1) is 0 Å². The molecule has 28 heavy (non-hydrogen) atoms. The zero-order chi connectivity index (χ0) is 20.1. The molecule has 0 spiro atoms. The first-order valence-corrected chi connectivity index (χ1v) is 8.58. The molecular formula is C22H18F3NO2. The van der Waals surface area contributed by atoms with Gasteiger partial charge in [-0.25, -0.2) is 0 Å². The molecular weight excluding hydrogens is 367 g/mol. The van der Waals surface area contributed by atoms with Gasteiger partial charge in [-0.05, 0) is 42.0 Å². The molecule has 0 saturated heterocycles. The Bertz CT molecular complexity index is 938. The average Bonchev–Trinajstić information content (AvgIpc) is 2.68. The van der Waals surface area contributed by atoms with Crippen LogP contribution in [0.4, 0.5) is 13.2 Å². The van der Waals surface area contributed by atoms with Crippen molar-refractivity contribution in [2.45, 2.75) is 12.7 Å². The first-order valence-electron chi connectivity index (χ1n) is 8.58. The normalized spacial score (nSPS) is 11.1. The van der Waals surface area contributed by atoms with Gasteiger partial charge in [-0.15, -0.1) is 0 Å². The average molecular weight is 385 g/mol. The SMILES string of the molecule is CN(Cc1ccc(C(F)(F)F)cc1)C(=O)c1ccccc1Oc1ccccc1. The number of alkyl halides is 3. The largest absolute Gasteiger partial charge is 0.457 e. The summed E-state index contributed by atoms with van der Waals surface area (Å²) in [7, 11) is 1.60. The van der Waals surface area contributed by atoms with E-state index < -0.39 is 11.7 Å². The second kappa shape index (κ2) is 8.17. The molecule has 3 rings (SSSR count). The lowest BCUT2D eigenvalue weighted by molar-refractivity contribution is -0.137. The van der Waals surface area contributed by atoms with Crippen molar-refractivity contribution in [2.24, 2.45) is 0 Å². The summed E-state index contributed by atoms with van der Waals surface area (Å²) in [5.74, 6) is 0.734. The van der Waals surface area contributed by atoms with Crippen LogP contribution in [0.15, 0.2) is 78.9 Å². The van der Waals surface area contributed by atoms with E-state index in [1.54, 1.807) is 43.4 Å². The van der Waals surface area contributed by atoms with Gasteiger partial charge in [-0.2, -0.15) is 13.2 Å². The van der Waals surface area contributed by atoms with Crippen molar-refractivity contribution < 1.29 is 22.7 Å². The van der Waals surface area contributed by atoms with Gasteiger partial charge in [-0.3, -0.25) is 4.79 Å². The number of rotatable bonds is 5. The number of para-hydroxylation sites is 2. The minimum absolute atomic E-state index is 0.177. The van der Waals surface area contributed by atoms with Gasteiger partial charge in [0.1, 0.15) is 11.5 Å². The van der Waals surface area contributed by atoms with E-state index in [-0.39, 0.29) is 12.5 Å². The van der Waals surface area contributed by atoms with Gasteiger partial charge < -0.3 is 9.64 Å². The molecule has 0 aliphatic heterocycles. The Hall–Kier alpha value is -3.28. The van der Waals surface area contributed by atoms with E-state index in [2.05, 4.69) is 0 Å². The van der Waals surface area contributed by atoms with Crippen molar-refractivity contribution >= 4 is 5.91 Å². The summed E-state index contributed by atoms with van der Waals surface area (Å²) < 4.78 is 43.8. The lowest BCUT2D eigenvalue weighted by Gasteiger charge is -2.19. The summed E-state index contributed by atoms with van der Waals surface area (Å²) in [6.45, 7) is 0.177.